The Morgan fingerprint density at radius 2 is 2.10 bits per heavy atom. The SMILES string of the molecule is COc1nc(N2CC3(CNC(=O)C3)C2)ccc1-c1cc2c(C(=O)O)c[nH]c2cc1Cl. The van der Waals surface area contributed by atoms with Gasteiger partial charge >= 0.3 is 5.97 Å². The third-order valence-electron chi connectivity index (χ3n) is 5.90. The Morgan fingerprint density at radius 3 is 2.77 bits per heavy atom. The van der Waals surface area contributed by atoms with Gasteiger partial charge in [-0.2, -0.15) is 4.98 Å². The molecule has 2 aromatic heterocycles. The van der Waals surface area contributed by atoms with Gasteiger partial charge in [-0.3, -0.25) is 4.79 Å². The normalized spacial score (nSPS) is 17.3. The molecule has 0 saturated carbocycles. The number of methoxy groups -OCH3 is 1. The Bertz CT molecular complexity index is 1200. The van der Waals surface area contributed by atoms with Gasteiger partial charge < -0.3 is 25.0 Å². The zero-order valence-corrected chi connectivity index (χ0v) is 16.9. The van der Waals surface area contributed by atoms with Gasteiger partial charge in [-0.05, 0) is 24.3 Å². The van der Waals surface area contributed by atoms with Crippen LogP contribution < -0.4 is 15.0 Å². The van der Waals surface area contributed by atoms with Crippen molar-refractivity contribution in [3.63, 3.8) is 0 Å². The van der Waals surface area contributed by atoms with E-state index in [9.17, 15) is 14.7 Å². The smallest absolute Gasteiger partial charge is 0.337 e. The highest BCUT2D eigenvalue weighted by molar-refractivity contribution is 6.34. The highest BCUT2D eigenvalue weighted by Gasteiger charge is 2.48. The molecule has 0 atom stereocenters. The van der Waals surface area contributed by atoms with Crippen molar-refractivity contribution < 1.29 is 19.4 Å². The van der Waals surface area contributed by atoms with E-state index in [1.54, 1.807) is 12.1 Å². The van der Waals surface area contributed by atoms with E-state index < -0.39 is 5.97 Å². The van der Waals surface area contributed by atoms with E-state index in [-0.39, 0.29) is 16.9 Å². The summed E-state index contributed by atoms with van der Waals surface area (Å²) in [5.41, 5.74) is 2.15. The number of H-pyrrole nitrogens is 1. The number of amides is 1. The first-order valence-corrected chi connectivity index (χ1v) is 9.88. The summed E-state index contributed by atoms with van der Waals surface area (Å²) < 4.78 is 5.53. The maximum Gasteiger partial charge on any atom is 0.337 e. The van der Waals surface area contributed by atoms with Gasteiger partial charge in [0.05, 0.1) is 17.7 Å². The molecule has 2 aliphatic heterocycles. The first-order chi connectivity index (χ1) is 14.4. The van der Waals surface area contributed by atoms with Crippen LogP contribution in [-0.4, -0.2) is 53.7 Å². The molecule has 3 N–H and O–H groups in total. The molecule has 1 amide bonds. The number of nitrogens with zero attached hydrogens (tertiary/aromatic N) is 2. The third kappa shape index (κ3) is 2.87. The summed E-state index contributed by atoms with van der Waals surface area (Å²) in [6.45, 7) is 2.23. The van der Waals surface area contributed by atoms with Crippen LogP contribution in [0.25, 0.3) is 22.0 Å². The first-order valence-electron chi connectivity index (χ1n) is 9.50. The van der Waals surface area contributed by atoms with Crippen molar-refractivity contribution in [1.82, 2.24) is 15.3 Å². The molecule has 30 heavy (non-hydrogen) atoms. The van der Waals surface area contributed by atoms with Crippen LogP contribution in [0.1, 0.15) is 16.8 Å². The number of pyridine rings is 1. The van der Waals surface area contributed by atoms with Crippen LogP contribution >= 0.6 is 11.6 Å². The lowest BCUT2D eigenvalue weighted by Gasteiger charge is -2.47. The van der Waals surface area contributed by atoms with Gasteiger partial charge in [0.1, 0.15) is 5.82 Å². The van der Waals surface area contributed by atoms with E-state index in [2.05, 4.69) is 20.2 Å². The number of ether oxygens (including phenoxy) is 1. The summed E-state index contributed by atoms with van der Waals surface area (Å²) in [6.07, 6.45) is 2.00. The molecule has 1 spiro atoms. The maximum atomic E-state index is 11.6. The molecule has 0 bridgehead atoms. The monoisotopic (exact) mass is 426 g/mol. The fourth-order valence-corrected chi connectivity index (χ4v) is 4.66. The lowest BCUT2D eigenvalue weighted by atomic mass is 9.79. The number of fused-ring (bicyclic) bond motifs is 1. The molecule has 1 aromatic carbocycles. The molecule has 0 unspecified atom stereocenters. The van der Waals surface area contributed by atoms with Crippen LogP contribution in [0.4, 0.5) is 5.82 Å². The largest absolute Gasteiger partial charge is 0.480 e. The van der Waals surface area contributed by atoms with Crippen molar-refractivity contribution in [2.45, 2.75) is 6.42 Å². The summed E-state index contributed by atoms with van der Waals surface area (Å²) in [5, 5.41) is 13.3. The van der Waals surface area contributed by atoms with Crippen molar-refractivity contribution in [2.24, 2.45) is 5.41 Å². The van der Waals surface area contributed by atoms with Gasteiger partial charge in [0.15, 0.2) is 0 Å². The summed E-state index contributed by atoms with van der Waals surface area (Å²) in [5.74, 6) is 0.265. The number of halogens is 1. The number of nitrogens with one attached hydrogen (secondary N) is 2. The summed E-state index contributed by atoms with van der Waals surface area (Å²) in [4.78, 5) is 32.7. The Kier molecular flexibility index (Phi) is 4.14. The van der Waals surface area contributed by atoms with Crippen molar-refractivity contribution in [3.05, 3.63) is 41.0 Å². The van der Waals surface area contributed by atoms with Crippen molar-refractivity contribution >= 4 is 40.2 Å². The first kappa shape index (κ1) is 18.7. The number of carbonyl (C=O) groups is 2. The third-order valence-corrected chi connectivity index (χ3v) is 6.21. The molecular weight excluding hydrogens is 408 g/mol. The van der Waals surface area contributed by atoms with Gasteiger partial charge in [0, 0.05) is 59.7 Å². The minimum absolute atomic E-state index is 0.000526. The van der Waals surface area contributed by atoms with Gasteiger partial charge in [-0.1, -0.05) is 11.6 Å². The molecule has 5 rings (SSSR count). The van der Waals surface area contributed by atoms with E-state index in [0.29, 0.717) is 45.9 Å². The fourth-order valence-electron chi connectivity index (χ4n) is 4.39. The molecule has 2 aliphatic rings. The molecule has 2 saturated heterocycles. The molecular formula is C21H19ClN4O4. The zero-order valence-electron chi connectivity index (χ0n) is 16.2. The number of aromatic nitrogens is 2. The van der Waals surface area contributed by atoms with Crippen LogP contribution in [0.2, 0.25) is 5.02 Å². The Hall–Kier alpha value is -3.26. The highest BCUT2D eigenvalue weighted by atomic mass is 35.5. The standard InChI is InChI=1S/C21H19ClN4O4/c1-30-19-11(12-4-13-14(20(28)29)7-23-16(13)5-15(12)22)2-3-17(25-19)26-9-21(10-26)6-18(27)24-8-21/h2-5,7,23H,6,8-10H2,1H3,(H,24,27)(H,28,29). The second-order valence-electron chi connectivity index (χ2n) is 7.92. The maximum absolute atomic E-state index is 11.6. The lowest BCUT2D eigenvalue weighted by Crippen LogP contribution is -2.57. The number of benzene rings is 1. The van der Waals surface area contributed by atoms with E-state index >= 15 is 0 Å². The number of aromatic amines is 1. The summed E-state index contributed by atoms with van der Waals surface area (Å²) in [6, 6.07) is 7.22. The average molecular weight is 427 g/mol. The van der Waals surface area contributed by atoms with Crippen LogP contribution in [0.3, 0.4) is 0 Å². The number of rotatable bonds is 4. The number of anilines is 1. The minimum atomic E-state index is -1.01. The van der Waals surface area contributed by atoms with E-state index in [0.717, 1.165) is 18.9 Å². The van der Waals surface area contributed by atoms with Gasteiger partial charge in [-0.25, -0.2) is 4.79 Å². The lowest BCUT2D eigenvalue weighted by molar-refractivity contribution is -0.119. The van der Waals surface area contributed by atoms with Crippen LogP contribution in [0.5, 0.6) is 5.88 Å². The van der Waals surface area contributed by atoms with Crippen LogP contribution in [0, 0.1) is 5.41 Å². The van der Waals surface area contributed by atoms with Crippen LogP contribution in [0.15, 0.2) is 30.5 Å². The molecule has 9 heteroatoms. The Morgan fingerprint density at radius 1 is 1.30 bits per heavy atom. The highest BCUT2D eigenvalue weighted by Crippen LogP contribution is 2.42. The van der Waals surface area contributed by atoms with Gasteiger partial charge in [0.2, 0.25) is 11.8 Å². The van der Waals surface area contributed by atoms with Crippen LogP contribution in [-0.2, 0) is 4.79 Å². The summed E-state index contributed by atoms with van der Waals surface area (Å²) in [7, 11) is 1.54. The molecule has 2 fully saturated rings. The predicted octanol–water partition coefficient (Wildman–Crippen LogP) is 2.92. The second kappa shape index (κ2) is 6.63. The molecule has 8 nitrogen and oxygen atoms in total. The van der Waals surface area contributed by atoms with Crippen molar-refractivity contribution in [1.29, 1.82) is 0 Å². The number of carboxylic acids is 1. The molecule has 4 heterocycles. The van der Waals surface area contributed by atoms with Crippen molar-refractivity contribution in [3.8, 4) is 17.0 Å². The minimum Gasteiger partial charge on any atom is -0.480 e. The number of hydrogen-bond acceptors (Lipinski definition) is 5. The van der Waals surface area contributed by atoms with E-state index in [1.807, 2.05) is 12.1 Å². The second-order valence-corrected chi connectivity index (χ2v) is 8.33. The fraction of sp³-hybridized carbons (Fsp3) is 0.286. The quantitative estimate of drug-likeness (QED) is 0.592. The van der Waals surface area contributed by atoms with Gasteiger partial charge in [0.25, 0.3) is 0 Å². The average Bonchev–Trinajstić information content (AvgIpc) is 3.29. The van der Waals surface area contributed by atoms with Crippen molar-refractivity contribution in [2.75, 3.05) is 31.6 Å². The number of carbonyl (C=O) groups excluding carboxylic acids is 1. The molecule has 3 aromatic rings. The summed E-state index contributed by atoms with van der Waals surface area (Å²) >= 11 is 6.49. The number of hydrogen-bond donors (Lipinski definition) is 3. The zero-order chi connectivity index (χ0) is 21.0. The Balaban J connectivity index is 1.49. The number of aromatic carboxylic acids is 1. The predicted molar refractivity (Wildman–Crippen MR) is 112 cm³/mol. The Labute approximate surface area is 176 Å². The molecule has 154 valence electrons. The topological polar surface area (TPSA) is 108 Å². The van der Waals surface area contributed by atoms with Gasteiger partial charge in [-0.15, -0.1) is 0 Å². The number of carboxylic acid groups (broad SMARTS) is 1. The molecule has 0 aliphatic carbocycles. The van der Waals surface area contributed by atoms with E-state index in [4.69, 9.17) is 16.3 Å². The van der Waals surface area contributed by atoms with E-state index in [1.165, 1.54) is 13.3 Å². The molecule has 0 radical (unpaired) electrons.